The van der Waals surface area contributed by atoms with Crippen LogP contribution in [0.5, 0.6) is 0 Å². The standard InChI is InChI=1S/C3H9O4P.C2H6O4S.C2H6O2S.C2H6OS/c1-5-8(4,6-2)7-3;1-5-7(3,4)6-2;1-5(2,3)4;1-4(2)3/h1-3H3;1-2H3;1-2H3;1-2H3. The monoisotopic (exact) mass is 438 g/mol. The molecule has 0 heterocycles. The third kappa shape index (κ3) is 43.1. The topological polar surface area (TPSA) is 149 Å². The van der Waals surface area contributed by atoms with Crippen LogP contribution < -0.4 is 0 Å². The van der Waals surface area contributed by atoms with Gasteiger partial charge >= 0.3 is 18.2 Å². The van der Waals surface area contributed by atoms with Crippen molar-refractivity contribution in [3.05, 3.63) is 0 Å². The first kappa shape index (κ1) is 31.8. The van der Waals surface area contributed by atoms with E-state index in [1.54, 1.807) is 12.5 Å². The summed E-state index contributed by atoms with van der Waals surface area (Å²) in [4.78, 5) is 0. The molecule has 0 saturated heterocycles. The van der Waals surface area contributed by atoms with E-state index < -0.39 is 38.9 Å². The predicted octanol–water partition coefficient (Wildman–Crippen LogP) is 0.213. The molecule has 11 nitrogen and oxygen atoms in total. The molecule has 0 radical (unpaired) electrons. The van der Waals surface area contributed by atoms with Crippen molar-refractivity contribution in [1.82, 2.24) is 0 Å². The molecule has 0 rings (SSSR count). The van der Waals surface area contributed by atoms with Crippen LogP contribution in [0, 0.1) is 0 Å². The third-order valence-electron chi connectivity index (χ3n) is 1.08. The minimum absolute atomic E-state index is 0.611. The number of phosphoric acid groups is 1. The fraction of sp³-hybridized carbons (Fsp3) is 1.00. The van der Waals surface area contributed by atoms with E-state index in [0.29, 0.717) is 0 Å². The van der Waals surface area contributed by atoms with Crippen molar-refractivity contribution < 1.29 is 47.5 Å². The van der Waals surface area contributed by atoms with Gasteiger partial charge < -0.3 is 0 Å². The highest BCUT2D eigenvalue weighted by molar-refractivity contribution is 7.89. The molecule has 15 heteroatoms. The first-order chi connectivity index (χ1) is 10.5. The SMILES string of the molecule is COP(=O)(OC)OC.COS(=O)(=O)OC.CS(C)(=O)=O.CS(C)=O. The van der Waals surface area contributed by atoms with Crippen molar-refractivity contribution in [2.45, 2.75) is 0 Å². The molecule has 0 aromatic rings. The number of rotatable bonds is 5. The van der Waals surface area contributed by atoms with E-state index in [2.05, 4.69) is 21.9 Å². The second-order valence-corrected chi connectivity index (χ2v) is 10.9. The quantitative estimate of drug-likeness (QED) is 0.542. The van der Waals surface area contributed by atoms with Gasteiger partial charge in [0.2, 0.25) is 0 Å². The summed E-state index contributed by atoms with van der Waals surface area (Å²) in [5.74, 6) is 0. The van der Waals surface area contributed by atoms with Crippen LogP contribution in [0.25, 0.3) is 0 Å². The van der Waals surface area contributed by atoms with Gasteiger partial charge in [0.1, 0.15) is 9.84 Å². The molecule has 0 aliphatic carbocycles. The Kier molecular flexibility index (Phi) is 21.9. The van der Waals surface area contributed by atoms with E-state index in [1.165, 1.54) is 21.3 Å². The Morgan fingerprint density at radius 3 is 0.917 bits per heavy atom. The lowest BCUT2D eigenvalue weighted by molar-refractivity contribution is 0.178. The van der Waals surface area contributed by atoms with Crippen molar-refractivity contribution >= 4 is 38.9 Å². The van der Waals surface area contributed by atoms with E-state index in [9.17, 15) is 25.6 Å². The summed E-state index contributed by atoms with van der Waals surface area (Å²) >= 11 is 0. The van der Waals surface area contributed by atoms with Gasteiger partial charge in [-0.25, -0.2) is 13.0 Å². The molecule has 24 heavy (non-hydrogen) atoms. The zero-order chi connectivity index (χ0) is 20.6. The van der Waals surface area contributed by atoms with Gasteiger partial charge in [0.15, 0.2) is 0 Å². The molecule has 0 aromatic heterocycles. The highest BCUT2D eigenvalue weighted by atomic mass is 32.3. The molecule has 0 N–H and O–H groups in total. The fourth-order valence-electron chi connectivity index (χ4n) is 0.292. The van der Waals surface area contributed by atoms with E-state index in [4.69, 9.17) is 0 Å². The van der Waals surface area contributed by atoms with E-state index in [-0.39, 0.29) is 0 Å². The molecule has 0 aliphatic heterocycles. The molecule has 0 spiro atoms. The fourth-order valence-corrected chi connectivity index (χ4v) is 0.875. The van der Waals surface area contributed by atoms with Crippen molar-refractivity contribution in [2.75, 3.05) is 60.6 Å². The summed E-state index contributed by atoms with van der Waals surface area (Å²) in [6.07, 6.45) is 5.60. The number of phosphoric ester groups is 1. The molecule has 0 fully saturated rings. The molecule has 0 aromatic carbocycles. The first-order valence-corrected chi connectivity index (χ1v) is 12.6. The van der Waals surface area contributed by atoms with Crippen molar-refractivity contribution in [3.8, 4) is 0 Å². The van der Waals surface area contributed by atoms with Crippen molar-refractivity contribution in [3.63, 3.8) is 0 Å². The maximum atomic E-state index is 10.7. The molecule has 0 saturated carbocycles. The summed E-state index contributed by atoms with van der Waals surface area (Å²) in [5.41, 5.74) is 0. The van der Waals surface area contributed by atoms with E-state index in [1.807, 2.05) is 0 Å². The normalized spacial score (nSPS) is 11.2. The number of hydrogen-bond donors (Lipinski definition) is 0. The van der Waals surface area contributed by atoms with Gasteiger partial charge in [-0.2, -0.15) is 8.42 Å². The highest BCUT2D eigenvalue weighted by Crippen LogP contribution is 2.46. The van der Waals surface area contributed by atoms with Crippen molar-refractivity contribution in [2.24, 2.45) is 0 Å². The third-order valence-corrected chi connectivity index (χ3v) is 3.24. The summed E-state index contributed by atoms with van der Waals surface area (Å²) in [6.45, 7) is 0. The zero-order valence-corrected chi connectivity index (χ0v) is 18.5. The van der Waals surface area contributed by atoms with Gasteiger partial charge in [-0.1, -0.05) is 0 Å². The van der Waals surface area contributed by atoms with Crippen LogP contribution >= 0.6 is 7.82 Å². The molecular weight excluding hydrogens is 411 g/mol. The highest BCUT2D eigenvalue weighted by Gasteiger charge is 2.18. The average molecular weight is 438 g/mol. The molecule has 0 aliphatic rings. The Hall–Kier alpha value is 0.0800. The van der Waals surface area contributed by atoms with Crippen LogP contribution in [0.2, 0.25) is 0 Å². The summed E-state index contributed by atoms with van der Waals surface area (Å²) in [6, 6.07) is 0. The summed E-state index contributed by atoms with van der Waals surface area (Å²) < 4.78 is 80.0. The smallest absolute Gasteiger partial charge is 0.290 e. The number of sulfone groups is 1. The van der Waals surface area contributed by atoms with Crippen LogP contribution in [0.4, 0.5) is 0 Å². The lowest BCUT2D eigenvalue weighted by atomic mass is 11.8. The molecule has 0 bridgehead atoms. The molecule has 0 unspecified atom stereocenters. The van der Waals surface area contributed by atoms with Gasteiger partial charge in [0, 0.05) is 57.2 Å². The van der Waals surface area contributed by atoms with Gasteiger partial charge in [0.05, 0.1) is 14.2 Å². The van der Waals surface area contributed by atoms with Crippen LogP contribution in [0.3, 0.4) is 0 Å². The predicted molar refractivity (Wildman–Crippen MR) is 92.3 cm³/mol. The number of hydrogen-bond acceptors (Lipinski definition) is 11. The van der Waals surface area contributed by atoms with Crippen LogP contribution in [-0.4, -0.2) is 81.6 Å². The van der Waals surface area contributed by atoms with Crippen LogP contribution in [-0.2, 0) is 57.5 Å². The van der Waals surface area contributed by atoms with Gasteiger partial charge in [-0.3, -0.25) is 26.1 Å². The van der Waals surface area contributed by atoms with Crippen LogP contribution in [0.1, 0.15) is 0 Å². The molecule has 0 amide bonds. The van der Waals surface area contributed by atoms with E-state index in [0.717, 1.165) is 26.7 Å². The Morgan fingerprint density at radius 2 is 0.917 bits per heavy atom. The van der Waals surface area contributed by atoms with E-state index >= 15 is 0 Å². The summed E-state index contributed by atoms with van der Waals surface area (Å²) in [7, 11) is -4.27. The summed E-state index contributed by atoms with van der Waals surface area (Å²) in [5, 5.41) is 0. The largest absolute Gasteiger partial charge is 0.473 e. The van der Waals surface area contributed by atoms with Crippen molar-refractivity contribution in [1.29, 1.82) is 0 Å². The maximum absolute atomic E-state index is 10.7. The molecule has 152 valence electrons. The Labute approximate surface area is 147 Å². The van der Waals surface area contributed by atoms with Gasteiger partial charge in [-0.05, 0) is 0 Å². The van der Waals surface area contributed by atoms with Gasteiger partial charge in [0.25, 0.3) is 0 Å². The molecule has 0 atom stereocenters. The second kappa shape index (κ2) is 16.5. The van der Waals surface area contributed by atoms with Crippen LogP contribution in [0.15, 0.2) is 0 Å². The Morgan fingerprint density at radius 1 is 0.750 bits per heavy atom. The Balaban J connectivity index is -0.000000115. The minimum atomic E-state index is -3.66. The average Bonchev–Trinajstić information content (AvgIpc) is 2.45. The zero-order valence-electron chi connectivity index (χ0n) is 15.2. The Bertz CT molecular complexity index is 514. The minimum Gasteiger partial charge on any atom is -0.290 e. The maximum Gasteiger partial charge on any atom is 0.473 e. The van der Waals surface area contributed by atoms with Gasteiger partial charge in [-0.15, -0.1) is 0 Å². The molecular formula is C9H27O11PS3. The second-order valence-electron chi connectivity index (χ2n) is 3.62. The first-order valence-electron chi connectivity index (χ1n) is 5.57. The lowest BCUT2D eigenvalue weighted by Crippen LogP contribution is -2.02. The lowest BCUT2D eigenvalue weighted by Gasteiger charge is -2.08.